The number of hydrogen-bond donors (Lipinski definition) is 2. The molecule has 0 bridgehead atoms. The second-order valence-electron chi connectivity index (χ2n) is 4.02. The third-order valence-electron chi connectivity index (χ3n) is 2.19. The molecule has 4 nitrogen and oxygen atoms in total. The van der Waals surface area contributed by atoms with E-state index in [1.54, 1.807) is 4.90 Å². The predicted octanol–water partition coefficient (Wildman–Crippen LogP) is 0.975. The van der Waals surface area contributed by atoms with E-state index in [1.165, 1.54) is 0 Å². The number of likely N-dealkylation sites (N-methyl/N-ethyl adjacent to an activating group) is 1. The molecule has 0 heterocycles. The Balaban J connectivity index is 3.78. The van der Waals surface area contributed by atoms with Crippen molar-refractivity contribution in [3.63, 3.8) is 0 Å². The third kappa shape index (κ3) is 6.61. The summed E-state index contributed by atoms with van der Waals surface area (Å²) in [5, 5.41) is 6.53. The van der Waals surface area contributed by atoms with Crippen molar-refractivity contribution in [3.05, 3.63) is 0 Å². The molecule has 1 amide bonds. The van der Waals surface area contributed by atoms with Crippen LogP contribution in [0.5, 0.6) is 0 Å². The van der Waals surface area contributed by atoms with Crippen molar-refractivity contribution in [3.8, 4) is 0 Å². The van der Waals surface area contributed by atoms with Gasteiger partial charge >= 0.3 is 0 Å². The maximum Gasteiger partial charge on any atom is 0.241 e. The Bertz CT molecular complexity index is 227. The minimum atomic E-state index is 0.0821. The van der Waals surface area contributed by atoms with Crippen LogP contribution in [0, 0.1) is 5.92 Å². The van der Waals surface area contributed by atoms with E-state index in [4.69, 9.17) is 12.2 Å². The van der Waals surface area contributed by atoms with E-state index in [-0.39, 0.29) is 12.5 Å². The molecule has 0 saturated heterocycles. The zero-order valence-corrected chi connectivity index (χ0v) is 11.5. The molecule has 0 rings (SSSR count). The summed E-state index contributed by atoms with van der Waals surface area (Å²) in [6, 6.07) is 0. The minimum absolute atomic E-state index is 0.0821. The molecule has 0 aliphatic rings. The average molecular weight is 245 g/mol. The quantitative estimate of drug-likeness (QED) is 0.685. The van der Waals surface area contributed by atoms with Gasteiger partial charge in [-0.05, 0) is 32.0 Å². The van der Waals surface area contributed by atoms with Crippen LogP contribution < -0.4 is 10.6 Å². The third-order valence-corrected chi connectivity index (χ3v) is 2.48. The Morgan fingerprint density at radius 1 is 1.25 bits per heavy atom. The van der Waals surface area contributed by atoms with E-state index in [2.05, 4.69) is 24.5 Å². The summed E-state index contributed by atoms with van der Waals surface area (Å²) in [7, 11) is 0. The highest BCUT2D eigenvalue weighted by molar-refractivity contribution is 7.80. The number of nitrogens with zero attached hydrogens (tertiary/aromatic N) is 1. The van der Waals surface area contributed by atoms with Crippen molar-refractivity contribution in [2.24, 2.45) is 5.92 Å². The van der Waals surface area contributed by atoms with Gasteiger partial charge in [0.2, 0.25) is 5.91 Å². The molecule has 0 aromatic rings. The normalized spacial score (nSPS) is 10.1. The largest absolute Gasteiger partial charge is 0.362 e. The summed E-state index contributed by atoms with van der Waals surface area (Å²) in [5.41, 5.74) is 0. The maximum absolute atomic E-state index is 11.6. The number of thiocarbonyl (C=S) groups is 1. The van der Waals surface area contributed by atoms with Gasteiger partial charge in [-0.3, -0.25) is 4.79 Å². The van der Waals surface area contributed by atoms with Gasteiger partial charge < -0.3 is 15.5 Å². The molecule has 0 atom stereocenters. The molecule has 94 valence electrons. The molecule has 0 aromatic heterocycles. The number of rotatable bonds is 6. The van der Waals surface area contributed by atoms with Crippen LogP contribution in [-0.4, -0.2) is 42.1 Å². The number of nitrogens with one attached hydrogen (secondary N) is 2. The highest BCUT2D eigenvalue weighted by atomic mass is 32.1. The summed E-state index contributed by atoms with van der Waals surface area (Å²) in [5.74, 6) is 0.622. The van der Waals surface area contributed by atoms with E-state index < -0.39 is 0 Å². The average Bonchev–Trinajstić information content (AvgIpc) is 2.25. The van der Waals surface area contributed by atoms with Gasteiger partial charge in [-0.1, -0.05) is 13.8 Å². The zero-order valence-electron chi connectivity index (χ0n) is 10.7. The lowest BCUT2D eigenvalue weighted by atomic mass is 10.2. The topological polar surface area (TPSA) is 44.4 Å². The molecule has 0 fully saturated rings. The fourth-order valence-electron chi connectivity index (χ4n) is 1.20. The highest BCUT2D eigenvalue weighted by Crippen LogP contribution is 1.88. The van der Waals surface area contributed by atoms with Gasteiger partial charge in [0.25, 0.3) is 0 Å². The van der Waals surface area contributed by atoms with E-state index in [1.807, 2.05) is 13.8 Å². The van der Waals surface area contributed by atoms with E-state index in [0.29, 0.717) is 11.0 Å². The first-order valence-electron chi connectivity index (χ1n) is 5.80. The van der Waals surface area contributed by atoms with Crippen molar-refractivity contribution >= 4 is 23.2 Å². The van der Waals surface area contributed by atoms with Crippen LogP contribution in [0.4, 0.5) is 0 Å². The molecule has 0 aromatic carbocycles. The SMILES string of the molecule is CCN(CC)C(=O)CNC(=S)NCC(C)C. The Morgan fingerprint density at radius 3 is 2.25 bits per heavy atom. The Labute approximate surface area is 104 Å². The van der Waals surface area contributed by atoms with E-state index >= 15 is 0 Å². The van der Waals surface area contributed by atoms with Crippen LogP contribution in [0.2, 0.25) is 0 Å². The van der Waals surface area contributed by atoms with Crippen LogP contribution in [0.25, 0.3) is 0 Å². The van der Waals surface area contributed by atoms with Crippen molar-refractivity contribution in [1.82, 2.24) is 15.5 Å². The summed E-state index contributed by atoms with van der Waals surface area (Å²) < 4.78 is 0. The highest BCUT2D eigenvalue weighted by Gasteiger charge is 2.09. The molecule has 16 heavy (non-hydrogen) atoms. The Kier molecular flexibility index (Phi) is 7.89. The van der Waals surface area contributed by atoms with Crippen molar-refractivity contribution in [1.29, 1.82) is 0 Å². The first kappa shape index (κ1) is 15.2. The standard InChI is InChI=1S/C11H23N3OS/c1-5-14(6-2)10(15)8-13-11(16)12-7-9(3)4/h9H,5-8H2,1-4H3,(H2,12,13,16). The Hall–Kier alpha value is -0.840. The molecular formula is C11H23N3OS. The van der Waals surface area contributed by atoms with Crippen molar-refractivity contribution in [2.75, 3.05) is 26.2 Å². The van der Waals surface area contributed by atoms with Gasteiger partial charge in [0, 0.05) is 19.6 Å². The van der Waals surface area contributed by atoms with E-state index in [9.17, 15) is 4.79 Å². The fraction of sp³-hybridized carbons (Fsp3) is 0.818. The van der Waals surface area contributed by atoms with Crippen LogP contribution >= 0.6 is 12.2 Å². The molecule has 2 N–H and O–H groups in total. The molecule has 0 spiro atoms. The smallest absolute Gasteiger partial charge is 0.241 e. The fourth-order valence-corrected chi connectivity index (χ4v) is 1.36. The number of carbonyl (C=O) groups is 1. The van der Waals surface area contributed by atoms with Crippen LogP contribution in [0.3, 0.4) is 0 Å². The first-order valence-corrected chi connectivity index (χ1v) is 6.21. The van der Waals surface area contributed by atoms with Gasteiger partial charge in [-0.2, -0.15) is 0 Å². The molecule has 0 saturated carbocycles. The van der Waals surface area contributed by atoms with Gasteiger partial charge in [0.05, 0.1) is 6.54 Å². The second kappa shape index (κ2) is 8.33. The second-order valence-corrected chi connectivity index (χ2v) is 4.43. The van der Waals surface area contributed by atoms with Crippen molar-refractivity contribution in [2.45, 2.75) is 27.7 Å². The van der Waals surface area contributed by atoms with Crippen LogP contribution in [0.1, 0.15) is 27.7 Å². The number of hydrogen-bond acceptors (Lipinski definition) is 2. The summed E-state index contributed by atoms with van der Waals surface area (Å²) in [6.07, 6.45) is 0. The lowest BCUT2D eigenvalue weighted by Crippen LogP contribution is -2.44. The molecule has 0 radical (unpaired) electrons. The lowest BCUT2D eigenvalue weighted by Gasteiger charge is -2.19. The van der Waals surface area contributed by atoms with Crippen LogP contribution in [-0.2, 0) is 4.79 Å². The van der Waals surface area contributed by atoms with Gasteiger partial charge in [-0.15, -0.1) is 0 Å². The maximum atomic E-state index is 11.6. The van der Waals surface area contributed by atoms with Crippen molar-refractivity contribution < 1.29 is 4.79 Å². The summed E-state index contributed by atoms with van der Waals surface area (Å²) in [4.78, 5) is 13.4. The summed E-state index contributed by atoms with van der Waals surface area (Å²) >= 11 is 5.06. The lowest BCUT2D eigenvalue weighted by molar-refractivity contribution is -0.129. The molecule has 0 unspecified atom stereocenters. The van der Waals surface area contributed by atoms with Gasteiger partial charge in [-0.25, -0.2) is 0 Å². The van der Waals surface area contributed by atoms with Gasteiger partial charge in [0.15, 0.2) is 5.11 Å². The zero-order chi connectivity index (χ0) is 12.6. The summed E-state index contributed by atoms with van der Waals surface area (Å²) in [6.45, 7) is 10.7. The molecule has 5 heteroatoms. The molecule has 0 aliphatic carbocycles. The predicted molar refractivity (Wildman–Crippen MR) is 71.4 cm³/mol. The minimum Gasteiger partial charge on any atom is -0.362 e. The molecular weight excluding hydrogens is 222 g/mol. The van der Waals surface area contributed by atoms with E-state index in [0.717, 1.165) is 19.6 Å². The molecule has 0 aliphatic heterocycles. The van der Waals surface area contributed by atoms with Crippen LogP contribution in [0.15, 0.2) is 0 Å². The Morgan fingerprint density at radius 2 is 1.81 bits per heavy atom. The first-order chi connectivity index (χ1) is 7.51. The number of amides is 1. The monoisotopic (exact) mass is 245 g/mol. The number of carbonyl (C=O) groups excluding carboxylic acids is 1. The van der Waals surface area contributed by atoms with Gasteiger partial charge in [0.1, 0.15) is 0 Å².